The second-order valence-corrected chi connectivity index (χ2v) is 7.82. The minimum Gasteiger partial charge on any atom is -0.393 e. The third kappa shape index (κ3) is 2.09. The van der Waals surface area contributed by atoms with Gasteiger partial charge in [0.1, 0.15) is 0 Å². The highest BCUT2D eigenvalue weighted by atomic mass is 32.2. The molecule has 5 nitrogen and oxygen atoms in total. The van der Waals surface area contributed by atoms with E-state index in [0.717, 1.165) is 12.8 Å². The Morgan fingerprint density at radius 1 is 1.00 bits per heavy atom. The molecular formula is C12H21NO4S. The standard InChI is InChI=1S/C12H21NO4S/c14-11-7-9-1-2-10(8-11)13(9)18(15,16)12-3-5-17-6-4-12/h9-12,14H,1-8H2. The summed E-state index contributed by atoms with van der Waals surface area (Å²) < 4.78 is 32.4. The molecule has 18 heavy (non-hydrogen) atoms. The van der Waals surface area contributed by atoms with Crippen molar-refractivity contribution >= 4 is 10.0 Å². The van der Waals surface area contributed by atoms with E-state index in [1.807, 2.05) is 0 Å². The summed E-state index contributed by atoms with van der Waals surface area (Å²) >= 11 is 0. The largest absolute Gasteiger partial charge is 0.393 e. The maximum atomic E-state index is 12.7. The van der Waals surface area contributed by atoms with Crippen molar-refractivity contribution in [2.24, 2.45) is 0 Å². The van der Waals surface area contributed by atoms with E-state index in [1.54, 1.807) is 4.31 Å². The summed E-state index contributed by atoms with van der Waals surface area (Å²) in [6.07, 6.45) is 3.94. The third-order valence-electron chi connectivity index (χ3n) is 4.52. The number of fused-ring (bicyclic) bond motifs is 2. The second kappa shape index (κ2) is 4.74. The lowest BCUT2D eigenvalue weighted by molar-refractivity contribution is 0.0720. The van der Waals surface area contributed by atoms with E-state index in [2.05, 4.69) is 0 Å². The first-order valence-electron chi connectivity index (χ1n) is 6.87. The summed E-state index contributed by atoms with van der Waals surface area (Å²) in [4.78, 5) is 0. The summed E-state index contributed by atoms with van der Waals surface area (Å²) in [6, 6.07) is 0.0678. The van der Waals surface area contributed by atoms with Crippen LogP contribution in [0.5, 0.6) is 0 Å². The summed E-state index contributed by atoms with van der Waals surface area (Å²) in [7, 11) is -3.20. The molecule has 0 aromatic carbocycles. The van der Waals surface area contributed by atoms with Gasteiger partial charge in [-0.15, -0.1) is 0 Å². The number of aliphatic hydroxyl groups excluding tert-OH is 1. The quantitative estimate of drug-likeness (QED) is 0.796. The number of nitrogens with zero attached hydrogens (tertiary/aromatic N) is 1. The van der Waals surface area contributed by atoms with Crippen LogP contribution in [-0.2, 0) is 14.8 Å². The predicted molar refractivity (Wildman–Crippen MR) is 66.7 cm³/mol. The van der Waals surface area contributed by atoms with Crippen LogP contribution in [-0.4, -0.2) is 54.5 Å². The van der Waals surface area contributed by atoms with Crippen LogP contribution in [0.25, 0.3) is 0 Å². The topological polar surface area (TPSA) is 66.8 Å². The first-order valence-corrected chi connectivity index (χ1v) is 8.37. The number of hydrogen-bond donors (Lipinski definition) is 1. The van der Waals surface area contributed by atoms with E-state index in [-0.39, 0.29) is 23.4 Å². The molecule has 2 bridgehead atoms. The number of piperidine rings is 1. The van der Waals surface area contributed by atoms with Gasteiger partial charge in [-0.2, -0.15) is 4.31 Å². The lowest BCUT2D eigenvalue weighted by Gasteiger charge is -2.39. The molecule has 3 rings (SSSR count). The van der Waals surface area contributed by atoms with Gasteiger partial charge in [0.25, 0.3) is 0 Å². The second-order valence-electron chi connectivity index (χ2n) is 5.70. The average molecular weight is 275 g/mol. The zero-order valence-corrected chi connectivity index (χ0v) is 11.3. The molecule has 3 aliphatic heterocycles. The third-order valence-corrected chi connectivity index (χ3v) is 7.02. The Bertz CT molecular complexity index is 390. The highest BCUT2D eigenvalue weighted by Crippen LogP contribution is 2.39. The Balaban J connectivity index is 1.81. The molecule has 3 heterocycles. The molecule has 1 N–H and O–H groups in total. The van der Waals surface area contributed by atoms with E-state index >= 15 is 0 Å². The number of sulfonamides is 1. The average Bonchev–Trinajstić information content (AvgIpc) is 2.64. The van der Waals surface area contributed by atoms with Crippen molar-refractivity contribution in [1.29, 1.82) is 0 Å². The molecule has 0 spiro atoms. The molecule has 3 aliphatic rings. The predicted octanol–water partition coefficient (Wildman–Crippen LogP) is 0.483. The molecule has 0 amide bonds. The smallest absolute Gasteiger partial charge is 0.217 e. The Morgan fingerprint density at radius 3 is 2.11 bits per heavy atom. The first kappa shape index (κ1) is 12.8. The van der Waals surface area contributed by atoms with Gasteiger partial charge in [-0.1, -0.05) is 0 Å². The Hall–Kier alpha value is -0.170. The van der Waals surface area contributed by atoms with Gasteiger partial charge in [-0.3, -0.25) is 0 Å². The van der Waals surface area contributed by atoms with Gasteiger partial charge in [0, 0.05) is 25.3 Å². The van der Waals surface area contributed by atoms with Crippen LogP contribution in [0.4, 0.5) is 0 Å². The lowest BCUT2D eigenvalue weighted by atomic mass is 10.0. The Kier molecular flexibility index (Phi) is 3.38. The van der Waals surface area contributed by atoms with Gasteiger partial charge < -0.3 is 9.84 Å². The molecule has 0 radical (unpaired) electrons. The molecule has 0 aromatic rings. The maximum Gasteiger partial charge on any atom is 0.217 e. The van der Waals surface area contributed by atoms with Crippen LogP contribution >= 0.6 is 0 Å². The minimum atomic E-state index is -3.20. The summed E-state index contributed by atoms with van der Waals surface area (Å²) in [5.74, 6) is 0. The number of ether oxygens (including phenoxy) is 1. The van der Waals surface area contributed by atoms with Crippen molar-refractivity contribution in [2.45, 2.75) is 62.0 Å². The normalized spacial score (nSPS) is 39.1. The van der Waals surface area contributed by atoms with E-state index in [1.165, 1.54) is 0 Å². The molecule has 3 fully saturated rings. The van der Waals surface area contributed by atoms with E-state index in [9.17, 15) is 13.5 Å². The zero-order valence-electron chi connectivity index (χ0n) is 10.5. The van der Waals surface area contributed by atoms with Gasteiger partial charge >= 0.3 is 0 Å². The van der Waals surface area contributed by atoms with Crippen molar-refractivity contribution in [3.63, 3.8) is 0 Å². The van der Waals surface area contributed by atoms with Crippen LogP contribution in [0, 0.1) is 0 Å². The van der Waals surface area contributed by atoms with Crippen LogP contribution in [0.1, 0.15) is 38.5 Å². The first-order chi connectivity index (χ1) is 8.59. The Labute approximate surface area is 108 Å². The van der Waals surface area contributed by atoms with Crippen molar-refractivity contribution < 1.29 is 18.3 Å². The number of rotatable bonds is 2. The molecular weight excluding hydrogens is 254 g/mol. The minimum absolute atomic E-state index is 0.0339. The highest BCUT2D eigenvalue weighted by molar-refractivity contribution is 7.89. The van der Waals surface area contributed by atoms with Gasteiger partial charge in [-0.25, -0.2) is 8.42 Å². The van der Waals surface area contributed by atoms with Crippen molar-refractivity contribution in [2.75, 3.05) is 13.2 Å². The van der Waals surface area contributed by atoms with Gasteiger partial charge in [0.2, 0.25) is 10.0 Å². The molecule has 0 aromatic heterocycles. The van der Waals surface area contributed by atoms with Crippen molar-refractivity contribution in [3.05, 3.63) is 0 Å². The molecule has 0 saturated carbocycles. The molecule has 6 heteroatoms. The number of hydrogen-bond acceptors (Lipinski definition) is 4. The summed E-state index contributed by atoms with van der Waals surface area (Å²) in [5, 5.41) is 9.47. The van der Waals surface area contributed by atoms with E-state index < -0.39 is 10.0 Å². The highest BCUT2D eigenvalue weighted by Gasteiger charge is 2.48. The van der Waals surface area contributed by atoms with Crippen molar-refractivity contribution in [3.8, 4) is 0 Å². The van der Waals surface area contributed by atoms with Crippen LogP contribution in [0.15, 0.2) is 0 Å². The maximum absolute atomic E-state index is 12.7. The summed E-state index contributed by atoms with van der Waals surface area (Å²) in [5.41, 5.74) is 0. The monoisotopic (exact) mass is 275 g/mol. The SMILES string of the molecule is O=S(=O)(C1CCOCC1)N1C2CCC1CC(O)C2. The van der Waals surface area contributed by atoms with Crippen LogP contribution in [0.2, 0.25) is 0 Å². The fourth-order valence-corrected chi connectivity index (χ4v) is 6.01. The van der Waals surface area contributed by atoms with E-state index in [4.69, 9.17) is 4.74 Å². The number of aliphatic hydroxyl groups is 1. The van der Waals surface area contributed by atoms with Crippen molar-refractivity contribution in [1.82, 2.24) is 4.31 Å². The fraction of sp³-hybridized carbons (Fsp3) is 1.00. The van der Waals surface area contributed by atoms with Gasteiger partial charge in [-0.05, 0) is 38.5 Å². The Morgan fingerprint density at radius 2 is 1.56 bits per heavy atom. The summed E-state index contributed by atoms with van der Waals surface area (Å²) in [6.45, 7) is 1.10. The van der Waals surface area contributed by atoms with Crippen LogP contribution < -0.4 is 0 Å². The molecule has 104 valence electrons. The zero-order chi connectivity index (χ0) is 12.8. The van der Waals surface area contributed by atoms with Gasteiger partial charge in [0.15, 0.2) is 0 Å². The molecule has 0 aliphatic carbocycles. The molecule has 2 unspecified atom stereocenters. The van der Waals surface area contributed by atoms with Gasteiger partial charge in [0.05, 0.1) is 11.4 Å². The molecule has 3 saturated heterocycles. The van der Waals surface area contributed by atoms with Crippen LogP contribution in [0.3, 0.4) is 0 Å². The molecule has 2 atom stereocenters. The van der Waals surface area contributed by atoms with E-state index in [0.29, 0.717) is 38.9 Å². The lowest BCUT2D eigenvalue weighted by Crippen LogP contribution is -2.51. The fourth-order valence-electron chi connectivity index (χ4n) is 3.67.